The summed E-state index contributed by atoms with van der Waals surface area (Å²) in [7, 11) is 0. The van der Waals surface area contributed by atoms with E-state index >= 15 is 0 Å². The van der Waals surface area contributed by atoms with Crippen LogP contribution in [0.5, 0.6) is 0 Å². The van der Waals surface area contributed by atoms with Crippen LogP contribution in [0.1, 0.15) is 11.8 Å². The number of hydrogen-bond acceptors (Lipinski definition) is 7. The van der Waals surface area contributed by atoms with Crippen molar-refractivity contribution in [3.05, 3.63) is 32.6 Å². The molecule has 2 heterocycles. The Balaban J connectivity index is 2.38. The minimum absolute atomic E-state index is 0.203. The standard InChI is InChI=1S/C10H15N2O8PS/c1-4-2-12(10(16)11-8(4)15)9-6(14)7(5(3-13)19-9)20-21(17,18)22/h2,5-7,9,13-14H,3H2,1H3,(H,11,15,16)(H2,17,18,22)/t5-,6-,7-,9-/m1/s1. The van der Waals surface area contributed by atoms with Gasteiger partial charge in [0.25, 0.3) is 5.56 Å². The van der Waals surface area contributed by atoms with E-state index in [2.05, 4.69) is 11.8 Å². The van der Waals surface area contributed by atoms with Gasteiger partial charge in [-0.1, -0.05) is 0 Å². The van der Waals surface area contributed by atoms with Gasteiger partial charge in [-0.3, -0.25) is 18.9 Å². The van der Waals surface area contributed by atoms with E-state index in [1.165, 1.54) is 13.1 Å². The van der Waals surface area contributed by atoms with Gasteiger partial charge in [0.15, 0.2) is 6.23 Å². The van der Waals surface area contributed by atoms with Crippen LogP contribution in [0.2, 0.25) is 0 Å². The largest absolute Gasteiger partial charge is 0.394 e. The Hall–Kier alpha value is -0.910. The first-order valence-corrected chi connectivity index (χ1v) is 8.77. The summed E-state index contributed by atoms with van der Waals surface area (Å²) < 4.78 is 11.0. The molecule has 4 atom stereocenters. The minimum Gasteiger partial charge on any atom is -0.394 e. The van der Waals surface area contributed by atoms with Crippen LogP contribution in [0.4, 0.5) is 0 Å². The number of aromatic amines is 1. The van der Waals surface area contributed by atoms with Gasteiger partial charge in [0, 0.05) is 11.8 Å². The van der Waals surface area contributed by atoms with Crippen molar-refractivity contribution in [2.75, 3.05) is 6.61 Å². The fourth-order valence-corrected chi connectivity index (χ4v) is 3.04. The van der Waals surface area contributed by atoms with Gasteiger partial charge in [-0.25, -0.2) is 4.79 Å². The number of rotatable bonds is 4. The SMILES string of the molecule is Cc1cn([C@@H]2O[C@H](CO)[C@@H](OP(O)(O)=S)[C@H]2O)c(=O)[nH]c1=O. The number of aryl methyl sites for hydroxylation is 1. The van der Waals surface area contributed by atoms with Crippen LogP contribution in [0, 0.1) is 6.92 Å². The first-order valence-electron chi connectivity index (χ1n) is 6.14. The maximum absolute atomic E-state index is 11.8. The third-order valence-electron chi connectivity index (χ3n) is 3.17. The highest BCUT2D eigenvalue weighted by molar-refractivity contribution is 8.06. The van der Waals surface area contributed by atoms with Crippen molar-refractivity contribution in [3.63, 3.8) is 0 Å². The molecule has 0 amide bonds. The molecule has 0 bridgehead atoms. The lowest BCUT2D eigenvalue weighted by atomic mass is 10.1. The highest BCUT2D eigenvalue weighted by Gasteiger charge is 2.47. The first-order chi connectivity index (χ1) is 10.1. The fourth-order valence-electron chi connectivity index (χ4n) is 2.16. The molecule has 2 rings (SSSR count). The zero-order chi connectivity index (χ0) is 16.7. The van der Waals surface area contributed by atoms with Crippen molar-refractivity contribution in [2.45, 2.75) is 31.5 Å². The van der Waals surface area contributed by atoms with Crippen LogP contribution >= 0.6 is 6.72 Å². The molecule has 0 aromatic carbocycles. The third kappa shape index (κ3) is 3.53. The van der Waals surface area contributed by atoms with Crippen molar-refractivity contribution in [1.29, 1.82) is 0 Å². The Morgan fingerprint density at radius 2 is 2.14 bits per heavy atom. The van der Waals surface area contributed by atoms with Gasteiger partial charge in [-0.15, -0.1) is 0 Å². The molecule has 22 heavy (non-hydrogen) atoms. The van der Waals surface area contributed by atoms with Gasteiger partial charge < -0.3 is 24.7 Å². The summed E-state index contributed by atoms with van der Waals surface area (Å²) >= 11 is 4.33. The number of nitrogens with one attached hydrogen (secondary N) is 1. The van der Waals surface area contributed by atoms with Crippen LogP contribution in [-0.4, -0.2) is 54.5 Å². The second-order valence-corrected chi connectivity index (χ2v) is 7.40. The maximum Gasteiger partial charge on any atom is 0.330 e. The van der Waals surface area contributed by atoms with E-state index in [-0.39, 0.29) is 5.56 Å². The van der Waals surface area contributed by atoms with Crippen molar-refractivity contribution in [1.82, 2.24) is 9.55 Å². The number of H-pyrrole nitrogens is 1. The number of aromatic nitrogens is 2. The van der Waals surface area contributed by atoms with Crippen LogP contribution in [0.3, 0.4) is 0 Å². The minimum atomic E-state index is -4.11. The molecule has 0 aliphatic carbocycles. The van der Waals surface area contributed by atoms with Gasteiger partial charge in [-0.2, -0.15) is 0 Å². The van der Waals surface area contributed by atoms with E-state index in [0.29, 0.717) is 0 Å². The zero-order valence-electron chi connectivity index (χ0n) is 11.3. The van der Waals surface area contributed by atoms with Gasteiger partial charge >= 0.3 is 12.4 Å². The van der Waals surface area contributed by atoms with Crippen LogP contribution in [-0.2, 0) is 21.1 Å². The summed E-state index contributed by atoms with van der Waals surface area (Å²) in [6, 6.07) is 0. The second-order valence-electron chi connectivity index (χ2n) is 4.78. The predicted molar refractivity (Wildman–Crippen MR) is 76.7 cm³/mol. The Kier molecular flexibility index (Phi) is 5.00. The van der Waals surface area contributed by atoms with Crippen LogP contribution in [0.15, 0.2) is 15.8 Å². The summed E-state index contributed by atoms with van der Waals surface area (Å²) in [5.74, 6) is 0. The Morgan fingerprint density at radius 3 is 2.68 bits per heavy atom. The molecule has 1 fully saturated rings. The summed E-state index contributed by atoms with van der Waals surface area (Å²) in [6.45, 7) is -3.27. The summed E-state index contributed by atoms with van der Waals surface area (Å²) in [5.41, 5.74) is -1.21. The lowest BCUT2D eigenvalue weighted by molar-refractivity contribution is -0.0547. The molecule has 1 aromatic rings. The molecule has 12 heteroatoms. The Labute approximate surface area is 128 Å². The summed E-state index contributed by atoms with van der Waals surface area (Å²) in [4.78, 5) is 43.6. The molecule has 1 aliphatic rings. The highest BCUT2D eigenvalue weighted by Crippen LogP contribution is 2.43. The number of aliphatic hydroxyl groups is 2. The molecule has 124 valence electrons. The molecule has 0 saturated carbocycles. The van der Waals surface area contributed by atoms with Gasteiger partial charge in [0.1, 0.15) is 18.3 Å². The Bertz CT molecular complexity index is 712. The van der Waals surface area contributed by atoms with E-state index in [1.54, 1.807) is 0 Å². The molecule has 0 unspecified atom stereocenters. The fraction of sp³-hybridized carbons (Fsp3) is 0.600. The summed E-state index contributed by atoms with van der Waals surface area (Å²) in [6.07, 6.45) is -4.08. The number of hydrogen-bond donors (Lipinski definition) is 5. The third-order valence-corrected chi connectivity index (χ3v) is 3.94. The quantitative estimate of drug-likeness (QED) is 0.375. The molecule has 1 aliphatic heterocycles. The predicted octanol–water partition coefficient (Wildman–Crippen LogP) is -2.31. The van der Waals surface area contributed by atoms with E-state index in [9.17, 15) is 29.6 Å². The maximum atomic E-state index is 11.8. The molecular formula is C10H15N2O8PS. The van der Waals surface area contributed by atoms with E-state index in [1.807, 2.05) is 4.98 Å². The van der Waals surface area contributed by atoms with Crippen molar-refractivity contribution < 1.29 is 29.3 Å². The van der Waals surface area contributed by atoms with Gasteiger partial charge in [-0.05, 0) is 18.7 Å². The van der Waals surface area contributed by atoms with Gasteiger partial charge in [0.05, 0.1) is 6.61 Å². The zero-order valence-corrected chi connectivity index (χ0v) is 13.0. The lowest BCUT2D eigenvalue weighted by Gasteiger charge is -2.21. The molecule has 0 spiro atoms. The summed E-state index contributed by atoms with van der Waals surface area (Å²) in [5, 5.41) is 19.4. The molecule has 5 N–H and O–H groups in total. The van der Waals surface area contributed by atoms with E-state index in [0.717, 1.165) is 4.57 Å². The number of aliphatic hydroxyl groups excluding tert-OH is 2. The number of nitrogens with zero attached hydrogens (tertiary/aromatic N) is 1. The Morgan fingerprint density at radius 1 is 1.50 bits per heavy atom. The van der Waals surface area contributed by atoms with Crippen molar-refractivity contribution in [3.8, 4) is 0 Å². The second kappa shape index (κ2) is 6.30. The van der Waals surface area contributed by atoms with Crippen molar-refractivity contribution in [2.24, 2.45) is 0 Å². The van der Waals surface area contributed by atoms with Crippen LogP contribution in [0.25, 0.3) is 0 Å². The molecule has 1 aromatic heterocycles. The molecule has 10 nitrogen and oxygen atoms in total. The van der Waals surface area contributed by atoms with E-state index < -0.39 is 49.1 Å². The van der Waals surface area contributed by atoms with Crippen LogP contribution < -0.4 is 11.2 Å². The average Bonchev–Trinajstić information content (AvgIpc) is 2.69. The average molecular weight is 354 g/mol. The normalized spacial score (nSPS) is 29.0. The van der Waals surface area contributed by atoms with Gasteiger partial charge in [0.2, 0.25) is 0 Å². The smallest absolute Gasteiger partial charge is 0.330 e. The first kappa shape index (κ1) is 17.4. The highest BCUT2D eigenvalue weighted by atomic mass is 32.5. The molecule has 0 radical (unpaired) electrons. The number of ether oxygens (including phenoxy) is 1. The van der Waals surface area contributed by atoms with Crippen molar-refractivity contribution >= 4 is 18.5 Å². The topological polar surface area (TPSA) is 154 Å². The van der Waals surface area contributed by atoms with E-state index in [4.69, 9.17) is 9.26 Å². The molecular weight excluding hydrogens is 339 g/mol. The lowest BCUT2D eigenvalue weighted by Crippen LogP contribution is -2.39. The molecule has 1 saturated heterocycles. The monoisotopic (exact) mass is 354 g/mol.